The Morgan fingerprint density at radius 2 is 1.80 bits per heavy atom. The van der Waals surface area contributed by atoms with Crippen LogP contribution < -0.4 is 0 Å². The normalized spacial score (nSPS) is 24.4. The van der Waals surface area contributed by atoms with Gasteiger partial charge in [-0.2, -0.15) is 0 Å². The van der Waals surface area contributed by atoms with Crippen molar-refractivity contribution < 1.29 is 5.11 Å². The molecule has 2 nitrogen and oxygen atoms in total. The summed E-state index contributed by atoms with van der Waals surface area (Å²) in [5.41, 5.74) is 1.04. The molecule has 1 saturated heterocycles. The summed E-state index contributed by atoms with van der Waals surface area (Å²) in [6.45, 7) is 7.90. The predicted octanol–water partition coefficient (Wildman–Crippen LogP) is 4.01. The van der Waals surface area contributed by atoms with Crippen LogP contribution in [-0.4, -0.2) is 28.6 Å². The van der Waals surface area contributed by atoms with Gasteiger partial charge in [-0.3, -0.25) is 4.90 Å². The van der Waals surface area contributed by atoms with Crippen molar-refractivity contribution in [3.05, 3.63) is 35.9 Å². The van der Waals surface area contributed by atoms with E-state index in [2.05, 4.69) is 25.7 Å². The summed E-state index contributed by atoms with van der Waals surface area (Å²) in [6, 6.07) is 10.9. The highest BCUT2D eigenvalue weighted by Crippen LogP contribution is 2.30. The predicted molar refractivity (Wildman–Crippen MR) is 84.7 cm³/mol. The Balaban J connectivity index is 2.21. The summed E-state index contributed by atoms with van der Waals surface area (Å²) in [5.74, 6) is 0.450. The second-order valence-corrected chi connectivity index (χ2v) is 6.53. The molecule has 1 N–H and O–H groups in total. The molecular weight excluding hydrogens is 246 g/mol. The van der Waals surface area contributed by atoms with Gasteiger partial charge < -0.3 is 5.11 Å². The molecule has 0 spiro atoms. The van der Waals surface area contributed by atoms with Crippen LogP contribution in [0.5, 0.6) is 0 Å². The van der Waals surface area contributed by atoms with Crippen molar-refractivity contribution in [2.75, 3.05) is 6.54 Å². The van der Waals surface area contributed by atoms with Crippen molar-refractivity contribution in [2.24, 2.45) is 5.92 Å². The van der Waals surface area contributed by atoms with Gasteiger partial charge in [0.2, 0.25) is 0 Å². The first kappa shape index (κ1) is 15.5. The minimum atomic E-state index is -0.392. The average Bonchev–Trinajstić information content (AvgIpc) is 2.65. The first-order valence-electron chi connectivity index (χ1n) is 8.10. The summed E-state index contributed by atoms with van der Waals surface area (Å²) in [4.78, 5) is 2.55. The van der Waals surface area contributed by atoms with Gasteiger partial charge in [-0.05, 0) is 37.8 Å². The molecule has 1 fully saturated rings. The van der Waals surface area contributed by atoms with Crippen LogP contribution in [-0.2, 0) is 0 Å². The Bertz CT molecular complexity index is 390. The molecule has 0 bridgehead atoms. The van der Waals surface area contributed by atoms with Crippen LogP contribution in [0.2, 0.25) is 0 Å². The molecule has 0 aromatic heterocycles. The topological polar surface area (TPSA) is 23.5 Å². The molecule has 3 atom stereocenters. The smallest absolute Gasteiger partial charge is 0.0947 e. The molecule has 0 radical (unpaired) electrons. The number of rotatable bonds is 4. The highest BCUT2D eigenvalue weighted by atomic mass is 16.3. The van der Waals surface area contributed by atoms with E-state index < -0.39 is 6.10 Å². The number of aliphatic hydroxyl groups excluding tert-OH is 1. The summed E-state index contributed by atoms with van der Waals surface area (Å²) in [6.07, 6.45) is 4.77. The zero-order chi connectivity index (χ0) is 14.5. The number of nitrogens with zero attached hydrogens (tertiary/aromatic N) is 1. The van der Waals surface area contributed by atoms with Gasteiger partial charge in [-0.15, -0.1) is 0 Å². The van der Waals surface area contributed by atoms with E-state index in [9.17, 15) is 5.11 Å². The first-order chi connectivity index (χ1) is 9.61. The Labute approximate surface area is 123 Å². The highest BCUT2D eigenvalue weighted by Gasteiger charge is 2.33. The van der Waals surface area contributed by atoms with E-state index in [4.69, 9.17) is 0 Å². The summed E-state index contributed by atoms with van der Waals surface area (Å²) >= 11 is 0. The molecule has 1 aromatic rings. The molecule has 112 valence electrons. The monoisotopic (exact) mass is 275 g/mol. The van der Waals surface area contributed by atoms with Gasteiger partial charge in [0.25, 0.3) is 0 Å². The van der Waals surface area contributed by atoms with Gasteiger partial charge in [0.05, 0.1) is 6.10 Å². The molecular formula is C18H29NO. The Hall–Kier alpha value is -0.860. The first-order valence-corrected chi connectivity index (χ1v) is 8.10. The van der Waals surface area contributed by atoms with Gasteiger partial charge in [0.15, 0.2) is 0 Å². The minimum absolute atomic E-state index is 0.213. The van der Waals surface area contributed by atoms with Gasteiger partial charge in [-0.1, -0.05) is 57.0 Å². The lowest BCUT2D eigenvalue weighted by atomic mass is 9.90. The van der Waals surface area contributed by atoms with Crippen molar-refractivity contribution in [1.82, 2.24) is 4.90 Å². The number of hydrogen-bond donors (Lipinski definition) is 1. The summed E-state index contributed by atoms with van der Waals surface area (Å²) < 4.78 is 0. The van der Waals surface area contributed by atoms with Crippen LogP contribution in [0.1, 0.15) is 58.1 Å². The minimum Gasteiger partial charge on any atom is -0.387 e. The van der Waals surface area contributed by atoms with Crippen molar-refractivity contribution in [1.29, 1.82) is 0 Å². The quantitative estimate of drug-likeness (QED) is 0.897. The lowest BCUT2D eigenvalue weighted by molar-refractivity contribution is 0.00354. The van der Waals surface area contributed by atoms with Gasteiger partial charge in [0.1, 0.15) is 0 Å². The molecule has 1 heterocycles. The van der Waals surface area contributed by atoms with Crippen molar-refractivity contribution in [2.45, 2.75) is 64.6 Å². The number of benzene rings is 1. The fourth-order valence-electron chi connectivity index (χ4n) is 3.52. The zero-order valence-electron chi connectivity index (χ0n) is 13.1. The fraction of sp³-hybridized carbons (Fsp3) is 0.667. The van der Waals surface area contributed by atoms with Crippen molar-refractivity contribution in [3.63, 3.8) is 0 Å². The molecule has 0 amide bonds. The lowest BCUT2D eigenvalue weighted by Gasteiger charge is -2.40. The molecule has 0 saturated carbocycles. The molecule has 1 aromatic carbocycles. The van der Waals surface area contributed by atoms with Gasteiger partial charge in [-0.25, -0.2) is 0 Å². The van der Waals surface area contributed by atoms with Crippen LogP contribution in [0.15, 0.2) is 30.3 Å². The molecule has 2 heteroatoms. The molecule has 1 aliphatic heterocycles. The van der Waals surface area contributed by atoms with E-state index >= 15 is 0 Å². The SMILES string of the molecule is CC(C)C(C(O)c1ccccc1)N1CCCCCC1C. The Morgan fingerprint density at radius 3 is 2.45 bits per heavy atom. The molecule has 2 rings (SSSR count). The van der Waals surface area contributed by atoms with Crippen LogP contribution in [0, 0.1) is 5.92 Å². The zero-order valence-corrected chi connectivity index (χ0v) is 13.1. The molecule has 3 unspecified atom stereocenters. The van der Waals surface area contributed by atoms with Crippen LogP contribution in [0.3, 0.4) is 0 Å². The standard InChI is InChI=1S/C18H29NO/c1-14(2)17(18(20)16-11-7-4-8-12-16)19-13-9-5-6-10-15(19)3/h4,7-8,11-12,14-15,17-18,20H,5-6,9-10,13H2,1-3H3. The third kappa shape index (κ3) is 3.62. The molecule has 1 aliphatic rings. The van der Waals surface area contributed by atoms with E-state index in [1.807, 2.05) is 30.3 Å². The van der Waals surface area contributed by atoms with E-state index in [0.29, 0.717) is 12.0 Å². The number of likely N-dealkylation sites (tertiary alicyclic amines) is 1. The van der Waals surface area contributed by atoms with Crippen molar-refractivity contribution >= 4 is 0 Å². The van der Waals surface area contributed by atoms with Crippen LogP contribution in [0.4, 0.5) is 0 Å². The second-order valence-electron chi connectivity index (χ2n) is 6.53. The van der Waals surface area contributed by atoms with Gasteiger partial charge >= 0.3 is 0 Å². The van der Waals surface area contributed by atoms with Gasteiger partial charge in [0, 0.05) is 12.1 Å². The van der Waals surface area contributed by atoms with Crippen molar-refractivity contribution in [3.8, 4) is 0 Å². The third-order valence-corrected chi connectivity index (χ3v) is 4.63. The lowest BCUT2D eigenvalue weighted by Crippen LogP contribution is -2.47. The summed E-state index contributed by atoms with van der Waals surface area (Å²) in [7, 11) is 0. The highest BCUT2D eigenvalue weighted by molar-refractivity contribution is 5.19. The fourth-order valence-corrected chi connectivity index (χ4v) is 3.52. The van der Waals surface area contributed by atoms with E-state index in [0.717, 1.165) is 12.1 Å². The maximum absolute atomic E-state index is 10.9. The third-order valence-electron chi connectivity index (χ3n) is 4.63. The summed E-state index contributed by atoms with van der Waals surface area (Å²) in [5, 5.41) is 10.9. The molecule has 0 aliphatic carbocycles. The maximum atomic E-state index is 10.9. The van der Waals surface area contributed by atoms with E-state index in [1.165, 1.54) is 25.7 Å². The number of hydrogen-bond acceptors (Lipinski definition) is 2. The number of aliphatic hydroxyl groups is 1. The Morgan fingerprint density at radius 1 is 1.10 bits per heavy atom. The van der Waals surface area contributed by atoms with Crippen LogP contribution >= 0.6 is 0 Å². The van der Waals surface area contributed by atoms with E-state index in [-0.39, 0.29) is 6.04 Å². The van der Waals surface area contributed by atoms with E-state index in [1.54, 1.807) is 0 Å². The maximum Gasteiger partial charge on any atom is 0.0947 e. The largest absolute Gasteiger partial charge is 0.387 e. The Kier molecular flexibility index (Phi) is 5.62. The molecule has 20 heavy (non-hydrogen) atoms. The average molecular weight is 275 g/mol. The van der Waals surface area contributed by atoms with Crippen LogP contribution in [0.25, 0.3) is 0 Å². The second kappa shape index (κ2) is 7.24.